The van der Waals surface area contributed by atoms with Crippen molar-refractivity contribution in [3.63, 3.8) is 0 Å². The van der Waals surface area contributed by atoms with Crippen molar-refractivity contribution in [3.8, 4) is 0 Å². The fourth-order valence-electron chi connectivity index (χ4n) is 5.67. The summed E-state index contributed by atoms with van der Waals surface area (Å²) in [6, 6.07) is 2.93. The van der Waals surface area contributed by atoms with Crippen LogP contribution in [0.15, 0.2) is 22.5 Å². The molecule has 2 saturated heterocycles. The number of aliphatic imine (C=N–C) groups is 1. The molecule has 0 atom stereocenters. The predicted molar refractivity (Wildman–Crippen MR) is 156 cm³/mol. The van der Waals surface area contributed by atoms with Crippen LogP contribution in [-0.4, -0.2) is 61.6 Å². The lowest BCUT2D eigenvalue weighted by molar-refractivity contribution is -0.125. The van der Waals surface area contributed by atoms with Crippen LogP contribution in [0.3, 0.4) is 0 Å². The molecule has 4 rings (SSSR count). The van der Waals surface area contributed by atoms with E-state index in [2.05, 4.69) is 17.6 Å². The van der Waals surface area contributed by atoms with Crippen LogP contribution in [0.25, 0.3) is 6.08 Å². The molecule has 218 valence electrons. The number of nitrogens with one attached hydrogen (secondary N) is 2. The van der Waals surface area contributed by atoms with Gasteiger partial charge in [-0.3, -0.25) is 14.6 Å². The van der Waals surface area contributed by atoms with Crippen molar-refractivity contribution in [1.82, 2.24) is 14.9 Å². The van der Waals surface area contributed by atoms with Gasteiger partial charge in [0.2, 0.25) is 10.0 Å². The Morgan fingerprint density at radius 1 is 0.975 bits per heavy atom. The number of nitrogens with zero attached hydrogens (tertiary/aromatic N) is 3. The van der Waals surface area contributed by atoms with Crippen LogP contribution in [0, 0.1) is 13.8 Å². The zero-order valence-electron chi connectivity index (χ0n) is 23.8. The molecule has 0 unspecified atom stereocenters. The van der Waals surface area contributed by atoms with Gasteiger partial charge in [0.25, 0.3) is 11.8 Å². The highest BCUT2D eigenvalue weighted by molar-refractivity contribution is 7.92. The van der Waals surface area contributed by atoms with E-state index < -0.39 is 21.6 Å². The van der Waals surface area contributed by atoms with Gasteiger partial charge in [-0.2, -0.15) is 4.31 Å². The standard InChI is InChI=1S/C29H41N5O5S/c1-4-5-6-7-8-9-10-11-25-31-27(36)29(32-25)13-15-33(16-14-29)40(38,39)17-12-24-21(2)18-23(19-22(24)3)34-26(35)20-30-28(34)37/h12,17-19H,4-11,13-16,20H2,1-3H3,(H,30,37)(H,31,32,36)/b17-12+. The quantitative estimate of drug-likeness (QED) is 0.288. The topological polar surface area (TPSA) is 128 Å². The number of rotatable bonds is 12. The molecule has 0 saturated carbocycles. The van der Waals surface area contributed by atoms with E-state index in [1.54, 1.807) is 18.2 Å². The van der Waals surface area contributed by atoms with Crippen molar-refractivity contribution in [1.29, 1.82) is 0 Å². The number of hydrogen-bond acceptors (Lipinski definition) is 6. The number of anilines is 1. The number of amidine groups is 1. The summed E-state index contributed by atoms with van der Waals surface area (Å²) in [5.74, 6) is 0.287. The molecule has 0 bridgehead atoms. The van der Waals surface area contributed by atoms with E-state index >= 15 is 0 Å². The molecule has 3 aliphatic rings. The van der Waals surface area contributed by atoms with Gasteiger partial charge in [-0.15, -0.1) is 0 Å². The van der Waals surface area contributed by atoms with Crippen LogP contribution >= 0.6 is 0 Å². The molecule has 3 heterocycles. The summed E-state index contributed by atoms with van der Waals surface area (Å²) in [6.45, 7) is 6.23. The summed E-state index contributed by atoms with van der Waals surface area (Å²) >= 11 is 0. The fourth-order valence-corrected chi connectivity index (χ4v) is 6.84. The van der Waals surface area contributed by atoms with Crippen LogP contribution < -0.4 is 15.5 Å². The second-order valence-electron chi connectivity index (χ2n) is 11.0. The number of aryl methyl sites for hydroxylation is 2. The number of carbonyl (C=O) groups excluding carboxylic acids is 3. The Morgan fingerprint density at radius 3 is 2.20 bits per heavy atom. The number of sulfonamides is 1. The Bertz CT molecular complexity index is 1270. The molecular weight excluding hydrogens is 530 g/mol. The maximum absolute atomic E-state index is 13.2. The molecule has 11 heteroatoms. The lowest BCUT2D eigenvalue weighted by Crippen LogP contribution is -2.50. The monoisotopic (exact) mass is 571 g/mol. The van der Waals surface area contributed by atoms with Gasteiger partial charge in [-0.05, 0) is 68.0 Å². The second kappa shape index (κ2) is 12.6. The summed E-state index contributed by atoms with van der Waals surface area (Å²) in [6.07, 6.45) is 11.4. The van der Waals surface area contributed by atoms with Crippen molar-refractivity contribution in [3.05, 3.63) is 34.2 Å². The van der Waals surface area contributed by atoms with Crippen LogP contribution in [-0.2, 0) is 19.6 Å². The fraction of sp³-hybridized carbons (Fsp3) is 0.586. The number of urea groups is 1. The van der Waals surface area contributed by atoms with E-state index in [1.165, 1.54) is 41.8 Å². The van der Waals surface area contributed by atoms with E-state index in [4.69, 9.17) is 4.99 Å². The molecule has 0 aromatic heterocycles. The molecule has 1 spiro atoms. The van der Waals surface area contributed by atoms with Crippen molar-refractivity contribution in [2.24, 2.45) is 4.99 Å². The van der Waals surface area contributed by atoms with E-state index in [-0.39, 0.29) is 31.4 Å². The molecule has 2 N–H and O–H groups in total. The largest absolute Gasteiger partial charge is 0.329 e. The van der Waals surface area contributed by atoms with E-state index in [0.717, 1.165) is 41.1 Å². The zero-order valence-corrected chi connectivity index (χ0v) is 24.6. The average Bonchev–Trinajstić information content (AvgIpc) is 3.40. The lowest BCUT2D eigenvalue weighted by atomic mass is 9.89. The highest BCUT2D eigenvalue weighted by atomic mass is 32.2. The Morgan fingerprint density at radius 2 is 1.60 bits per heavy atom. The summed E-state index contributed by atoms with van der Waals surface area (Å²) < 4.78 is 27.7. The van der Waals surface area contributed by atoms with Gasteiger partial charge in [-0.25, -0.2) is 18.1 Å². The number of imide groups is 1. The Balaban J connectivity index is 1.34. The first kappa shape index (κ1) is 29.9. The van der Waals surface area contributed by atoms with Gasteiger partial charge in [-0.1, -0.05) is 45.4 Å². The minimum atomic E-state index is -3.72. The van der Waals surface area contributed by atoms with Crippen molar-refractivity contribution < 1.29 is 22.8 Å². The zero-order chi connectivity index (χ0) is 28.9. The highest BCUT2D eigenvalue weighted by Gasteiger charge is 2.46. The van der Waals surface area contributed by atoms with E-state index in [9.17, 15) is 22.8 Å². The molecule has 2 fully saturated rings. The van der Waals surface area contributed by atoms with Gasteiger partial charge >= 0.3 is 6.03 Å². The molecule has 10 nitrogen and oxygen atoms in total. The summed E-state index contributed by atoms with van der Waals surface area (Å²) in [5, 5.41) is 6.64. The van der Waals surface area contributed by atoms with E-state index in [1.807, 2.05) is 13.8 Å². The van der Waals surface area contributed by atoms with Crippen molar-refractivity contribution in [2.75, 3.05) is 24.5 Å². The van der Waals surface area contributed by atoms with Crippen LogP contribution in [0.4, 0.5) is 10.5 Å². The molecule has 4 amide bonds. The molecule has 3 aliphatic heterocycles. The molecule has 40 heavy (non-hydrogen) atoms. The third-order valence-corrected chi connectivity index (χ3v) is 9.61. The smallest absolute Gasteiger partial charge is 0.328 e. The number of piperidine rings is 1. The third-order valence-electron chi connectivity index (χ3n) is 8.04. The van der Waals surface area contributed by atoms with Gasteiger partial charge in [0.1, 0.15) is 11.4 Å². The Labute approximate surface area is 237 Å². The number of hydrogen-bond donors (Lipinski definition) is 2. The van der Waals surface area contributed by atoms with Gasteiger partial charge in [0, 0.05) is 24.9 Å². The van der Waals surface area contributed by atoms with Crippen molar-refractivity contribution in [2.45, 2.75) is 90.5 Å². The Kier molecular flexibility index (Phi) is 9.45. The maximum atomic E-state index is 13.2. The second-order valence-corrected chi connectivity index (χ2v) is 12.9. The molecule has 1 aromatic rings. The third kappa shape index (κ3) is 6.63. The highest BCUT2D eigenvalue weighted by Crippen LogP contribution is 2.32. The van der Waals surface area contributed by atoms with E-state index in [0.29, 0.717) is 24.1 Å². The van der Waals surface area contributed by atoms with Crippen LogP contribution in [0.5, 0.6) is 0 Å². The SMILES string of the molecule is CCCCCCCCCC1=NC2(CCN(S(=O)(=O)/C=C/c3c(C)cc(N4C(=O)CNC4=O)cc3C)CC2)C(=O)N1. The van der Waals surface area contributed by atoms with Crippen LogP contribution in [0.1, 0.15) is 87.8 Å². The first-order chi connectivity index (χ1) is 19.1. The average molecular weight is 572 g/mol. The Hall–Kier alpha value is -3.05. The lowest BCUT2D eigenvalue weighted by Gasteiger charge is -2.34. The number of amides is 4. The van der Waals surface area contributed by atoms with Gasteiger partial charge in [0.15, 0.2) is 0 Å². The normalized spacial score (nSPS) is 19.5. The number of carbonyl (C=O) groups is 3. The van der Waals surface area contributed by atoms with Gasteiger partial charge in [0.05, 0.1) is 12.2 Å². The summed E-state index contributed by atoms with van der Waals surface area (Å²) in [5.41, 5.74) is 1.80. The number of benzene rings is 1. The van der Waals surface area contributed by atoms with Gasteiger partial charge < -0.3 is 10.6 Å². The molecule has 1 aromatic carbocycles. The first-order valence-corrected chi connectivity index (χ1v) is 15.9. The first-order valence-electron chi connectivity index (χ1n) is 14.4. The predicted octanol–water partition coefficient (Wildman–Crippen LogP) is 4.16. The maximum Gasteiger partial charge on any atom is 0.329 e. The summed E-state index contributed by atoms with van der Waals surface area (Å²) in [4.78, 5) is 42.7. The molecule has 0 aliphatic carbocycles. The van der Waals surface area contributed by atoms with Crippen molar-refractivity contribution >= 4 is 45.5 Å². The van der Waals surface area contributed by atoms with Crippen LogP contribution in [0.2, 0.25) is 0 Å². The minimum Gasteiger partial charge on any atom is -0.328 e. The summed E-state index contributed by atoms with van der Waals surface area (Å²) in [7, 11) is -3.72. The molecular formula is C29H41N5O5S. The number of unbranched alkanes of at least 4 members (excludes halogenated alkanes) is 6. The minimum absolute atomic E-state index is 0.0403. The molecule has 0 radical (unpaired) electrons.